The monoisotopic (exact) mass is 562 g/mol. The zero-order chi connectivity index (χ0) is 28.8. The van der Waals surface area contributed by atoms with Crippen molar-refractivity contribution in [3.63, 3.8) is 0 Å². The van der Waals surface area contributed by atoms with Crippen LogP contribution in [0.15, 0.2) is 24.3 Å². The third-order valence-electron chi connectivity index (χ3n) is 7.75. The number of anilines is 1. The van der Waals surface area contributed by atoms with Crippen molar-refractivity contribution in [3.8, 4) is 5.75 Å². The van der Waals surface area contributed by atoms with Crippen LogP contribution in [0.5, 0.6) is 5.75 Å². The number of fused-ring (bicyclic) bond motifs is 3. The molecule has 1 aromatic heterocycles. The molecule has 0 bridgehead atoms. The van der Waals surface area contributed by atoms with Gasteiger partial charge in [-0.2, -0.15) is 8.78 Å². The van der Waals surface area contributed by atoms with Gasteiger partial charge in [-0.3, -0.25) is 4.79 Å². The van der Waals surface area contributed by atoms with E-state index in [1.54, 1.807) is 19.9 Å². The Morgan fingerprint density at radius 3 is 2.67 bits per heavy atom. The molecule has 2 aliphatic heterocycles. The van der Waals surface area contributed by atoms with Gasteiger partial charge in [-0.15, -0.1) is 0 Å². The zero-order valence-corrected chi connectivity index (χ0v) is 22.1. The summed E-state index contributed by atoms with van der Waals surface area (Å²) in [5.41, 5.74) is -0.433. The molecular weight excluding hydrogens is 532 g/mol. The van der Waals surface area contributed by atoms with Crippen LogP contribution in [0.1, 0.15) is 53.9 Å². The number of ether oxygens (including phenoxy) is 1. The second kappa shape index (κ2) is 10.5. The molecule has 0 aliphatic carbocycles. The summed E-state index contributed by atoms with van der Waals surface area (Å²) >= 11 is 0. The van der Waals surface area contributed by atoms with Crippen LogP contribution >= 0.6 is 0 Å². The van der Waals surface area contributed by atoms with E-state index in [0.29, 0.717) is 46.9 Å². The molecule has 3 heterocycles. The molecule has 0 saturated carbocycles. The molecule has 2 aliphatic rings. The molecule has 1 atom stereocenters. The molecule has 214 valence electrons. The van der Waals surface area contributed by atoms with E-state index in [4.69, 9.17) is 9.84 Å². The number of piperidine rings is 1. The number of hydrogen-bond acceptors (Lipinski definition) is 7. The van der Waals surface area contributed by atoms with Gasteiger partial charge < -0.3 is 25.2 Å². The van der Waals surface area contributed by atoms with Gasteiger partial charge in [-0.25, -0.2) is 18.7 Å². The Kier molecular flexibility index (Phi) is 7.34. The van der Waals surface area contributed by atoms with E-state index in [1.165, 1.54) is 17.0 Å². The van der Waals surface area contributed by atoms with Gasteiger partial charge >= 0.3 is 0 Å². The highest BCUT2D eigenvalue weighted by molar-refractivity contribution is 5.94. The summed E-state index contributed by atoms with van der Waals surface area (Å²) < 4.78 is 62.3. The quantitative estimate of drug-likeness (QED) is 0.373. The number of benzene rings is 2. The van der Waals surface area contributed by atoms with Crippen LogP contribution in [-0.4, -0.2) is 64.0 Å². The van der Waals surface area contributed by atoms with Crippen LogP contribution in [0.25, 0.3) is 10.9 Å². The van der Waals surface area contributed by atoms with E-state index >= 15 is 4.39 Å². The lowest BCUT2D eigenvalue weighted by atomic mass is 9.82. The van der Waals surface area contributed by atoms with E-state index in [1.807, 2.05) is 0 Å². The van der Waals surface area contributed by atoms with Gasteiger partial charge in [0.1, 0.15) is 29.8 Å². The van der Waals surface area contributed by atoms with Crippen LogP contribution in [-0.2, 0) is 22.7 Å². The largest absolute Gasteiger partial charge is 0.492 e. The Bertz CT molecular complexity index is 1460. The van der Waals surface area contributed by atoms with Crippen LogP contribution < -0.4 is 10.1 Å². The number of nitrogens with one attached hydrogen (secondary N) is 1. The molecule has 2 aromatic carbocycles. The molecule has 1 fully saturated rings. The third kappa shape index (κ3) is 4.83. The van der Waals surface area contributed by atoms with Crippen molar-refractivity contribution < 1.29 is 37.3 Å². The summed E-state index contributed by atoms with van der Waals surface area (Å²) in [4.78, 5) is 22.3. The minimum atomic E-state index is -3.74. The first-order valence-corrected chi connectivity index (χ1v) is 13.1. The molecule has 3 aromatic rings. The summed E-state index contributed by atoms with van der Waals surface area (Å²) in [6.45, 7) is 1.40. The van der Waals surface area contributed by atoms with Crippen molar-refractivity contribution in [3.05, 3.63) is 58.2 Å². The molecule has 1 unspecified atom stereocenters. The summed E-state index contributed by atoms with van der Waals surface area (Å²) in [5, 5.41) is 24.4. The van der Waals surface area contributed by atoms with Gasteiger partial charge in [0, 0.05) is 41.6 Å². The molecule has 1 amide bonds. The fourth-order valence-corrected chi connectivity index (χ4v) is 5.55. The summed E-state index contributed by atoms with van der Waals surface area (Å²) in [6, 6.07) is 4.53. The number of nitrogens with zero attached hydrogens (tertiary/aromatic N) is 3. The number of amides is 1. The maximum Gasteiger partial charge on any atom is 0.298 e. The summed E-state index contributed by atoms with van der Waals surface area (Å²) in [6.07, 6.45) is 0.868. The Balaban J connectivity index is 1.56. The number of likely N-dealkylation sites (tertiary alicyclic amines) is 1. The topological polar surface area (TPSA) is 108 Å². The Morgan fingerprint density at radius 1 is 1.27 bits per heavy atom. The van der Waals surface area contributed by atoms with Gasteiger partial charge in [-0.1, -0.05) is 12.1 Å². The predicted molar refractivity (Wildman–Crippen MR) is 139 cm³/mol. The van der Waals surface area contributed by atoms with Gasteiger partial charge in [0.25, 0.3) is 11.8 Å². The number of carbonyl (C=O) groups is 1. The van der Waals surface area contributed by atoms with E-state index < -0.39 is 48.1 Å². The van der Waals surface area contributed by atoms with Crippen LogP contribution in [0.4, 0.5) is 23.4 Å². The normalized spacial score (nSPS) is 17.4. The Morgan fingerprint density at radius 2 is 2.00 bits per heavy atom. The van der Waals surface area contributed by atoms with Gasteiger partial charge in [-0.05, 0) is 38.8 Å². The number of aliphatic hydroxyl groups excluding tert-OH is 1. The second-order valence-electron chi connectivity index (χ2n) is 10.3. The Labute approximate surface area is 228 Å². The molecular formula is C28H30F4N4O4. The number of rotatable bonds is 7. The average Bonchev–Trinajstić information content (AvgIpc) is 3.43. The first kappa shape index (κ1) is 28.0. The fraction of sp³-hybridized carbons (Fsp3) is 0.464. The number of hydrogen-bond donors (Lipinski definition) is 3. The van der Waals surface area contributed by atoms with Crippen molar-refractivity contribution in [1.29, 1.82) is 0 Å². The molecule has 12 heteroatoms. The van der Waals surface area contributed by atoms with Gasteiger partial charge in [0.05, 0.1) is 29.3 Å². The van der Waals surface area contributed by atoms with Crippen molar-refractivity contribution in [2.75, 3.05) is 38.3 Å². The SMILES string of the molecule is Cc1nc(NC(C)c2cccc(C(F)(F)CO)c2F)c2cc(C3(O)CCN(C(=O)CF)CC3)c3c(c2n1)CCO3. The molecule has 3 N–H and O–H groups in total. The third-order valence-corrected chi connectivity index (χ3v) is 7.75. The van der Waals surface area contributed by atoms with Gasteiger partial charge in [0.2, 0.25) is 0 Å². The standard InChI is InChI=1S/C28H30F4N4O4/c1-15(17-4-3-5-20(23(17)30)28(31,32)14-37)33-26-19-12-21(27(39)7-9-36(10-8-27)22(38)13-29)25-18(6-11-40-25)24(19)34-16(2)35-26/h3-5,12,15,37,39H,6-11,13-14H2,1-2H3,(H,33,34,35). The molecule has 8 nitrogen and oxygen atoms in total. The maximum absolute atomic E-state index is 15.2. The van der Waals surface area contributed by atoms with Gasteiger partial charge in [0.15, 0.2) is 6.67 Å². The van der Waals surface area contributed by atoms with Crippen molar-refractivity contribution in [2.24, 2.45) is 0 Å². The predicted octanol–water partition coefficient (Wildman–Crippen LogP) is 4.05. The smallest absolute Gasteiger partial charge is 0.298 e. The average molecular weight is 563 g/mol. The Hall–Kier alpha value is -3.51. The maximum atomic E-state index is 15.2. The molecule has 5 rings (SSSR count). The van der Waals surface area contributed by atoms with E-state index in [9.17, 15) is 23.1 Å². The highest BCUT2D eigenvalue weighted by Gasteiger charge is 2.40. The summed E-state index contributed by atoms with van der Waals surface area (Å²) in [5.74, 6) is -4.25. The van der Waals surface area contributed by atoms with E-state index in [2.05, 4.69) is 15.3 Å². The van der Waals surface area contributed by atoms with E-state index in [-0.39, 0.29) is 31.5 Å². The number of aliphatic hydroxyl groups is 2. The van der Waals surface area contributed by atoms with Crippen LogP contribution in [0.3, 0.4) is 0 Å². The molecule has 1 saturated heterocycles. The number of halogens is 4. The minimum absolute atomic E-state index is 0.0386. The van der Waals surface area contributed by atoms with Crippen LogP contribution in [0, 0.1) is 12.7 Å². The molecule has 0 spiro atoms. The first-order valence-electron chi connectivity index (χ1n) is 13.1. The lowest BCUT2D eigenvalue weighted by Crippen LogP contribution is -2.45. The molecule has 40 heavy (non-hydrogen) atoms. The highest BCUT2D eigenvalue weighted by atomic mass is 19.3. The lowest BCUT2D eigenvalue weighted by molar-refractivity contribution is -0.136. The lowest BCUT2D eigenvalue weighted by Gasteiger charge is -2.39. The highest BCUT2D eigenvalue weighted by Crippen LogP contribution is 2.46. The van der Waals surface area contributed by atoms with Crippen molar-refractivity contribution in [1.82, 2.24) is 14.9 Å². The number of aromatic nitrogens is 2. The first-order chi connectivity index (χ1) is 19.0. The second-order valence-corrected chi connectivity index (χ2v) is 10.3. The van der Waals surface area contributed by atoms with Crippen molar-refractivity contribution in [2.45, 2.75) is 50.7 Å². The zero-order valence-electron chi connectivity index (χ0n) is 22.1. The van der Waals surface area contributed by atoms with Crippen LogP contribution in [0.2, 0.25) is 0 Å². The number of alkyl halides is 3. The van der Waals surface area contributed by atoms with Crippen molar-refractivity contribution >= 4 is 22.6 Å². The van der Waals surface area contributed by atoms with E-state index in [0.717, 1.165) is 11.6 Å². The fourth-order valence-electron chi connectivity index (χ4n) is 5.55. The minimum Gasteiger partial charge on any atom is -0.492 e. The number of carbonyl (C=O) groups excluding carboxylic acids is 1. The molecule has 0 radical (unpaired) electrons. The summed E-state index contributed by atoms with van der Waals surface area (Å²) in [7, 11) is 0. The number of aryl methyl sites for hydroxylation is 1.